The van der Waals surface area contributed by atoms with Crippen molar-refractivity contribution in [3.05, 3.63) is 72.0 Å². The maximum atomic E-state index is 5.77. The standard InChI is InChI=1S/C20H21NO/c1-2-8-16(9-3-1)14-21-13-7-6-11-19(21)18-15-22-20-12-5-4-10-17(18)20/h1-5,8-10,12,15,19H,6-7,11,13-14H2. The Morgan fingerprint density at radius 3 is 2.68 bits per heavy atom. The first-order valence-corrected chi connectivity index (χ1v) is 8.16. The Bertz CT molecular complexity index is 747. The van der Waals surface area contributed by atoms with Gasteiger partial charge >= 0.3 is 0 Å². The Morgan fingerprint density at radius 1 is 0.955 bits per heavy atom. The Kier molecular flexibility index (Phi) is 3.69. The summed E-state index contributed by atoms with van der Waals surface area (Å²) in [5.41, 5.74) is 3.75. The third-order valence-electron chi connectivity index (χ3n) is 4.71. The predicted octanol–water partition coefficient (Wildman–Crippen LogP) is 5.16. The topological polar surface area (TPSA) is 16.4 Å². The van der Waals surface area contributed by atoms with Crippen LogP contribution in [0.15, 0.2) is 65.3 Å². The molecule has 0 spiro atoms. The summed E-state index contributed by atoms with van der Waals surface area (Å²) in [6.07, 6.45) is 5.78. The lowest BCUT2D eigenvalue weighted by molar-refractivity contribution is 0.141. The molecule has 0 bridgehead atoms. The fraction of sp³-hybridized carbons (Fsp3) is 0.300. The van der Waals surface area contributed by atoms with Gasteiger partial charge in [0.15, 0.2) is 0 Å². The highest BCUT2D eigenvalue weighted by molar-refractivity contribution is 5.81. The Balaban J connectivity index is 1.66. The van der Waals surface area contributed by atoms with Crippen LogP contribution in [0.25, 0.3) is 11.0 Å². The van der Waals surface area contributed by atoms with Crippen molar-refractivity contribution in [1.29, 1.82) is 0 Å². The van der Waals surface area contributed by atoms with Gasteiger partial charge in [-0.05, 0) is 31.0 Å². The summed E-state index contributed by atoms with van der Waals surface area (Å²) in [5.74, 6) is 0. The van der Waals surface area contributed by atoms with Gasteiger partial charge in [0.1, 0.15) is 5.58 Å². The summed E-state index contributed by atoms with van der Waals surface area (Å²) < 4.78 is 5.77. The molecule has 1 saturated heterocycles. The zero-order chi connectivity index (χ0) is 14.8. The first-order chi connectivity index (χ1) is 10.9. The number of benzene rings is 2. The fourth-order valence-electron chi connectivity index (χ4n) is 3.61. The van der Waals surface area contributed by atoms with Gasteiger partial charge in [-0.25, -0.2) is 0 Å². The summed E-state index contributed by atoms with van der Waals surface area (Å²) in [5, 5.41) is 1.27. The highest BCUT2D eigenvalue weighted by atomic mass is 16.3. The molecule has 2 heteroatoms. The maximum absolute atomic E-state index is 5.77. The van der Waals surface area contributed by atoms with Gasteiger partial charge in [-0.2, -0.15) is 0 Å². The van der Waals surface area contributed by atoms with Gasteiger partial charge in [-0.15, -0.1) is 0 Å². The van der Waals surface area contributed by atoms with E-state index in [0.717, 1.165) is 12.1 Å². The smallest absolute Gasteiger partial charge is 0.134 e. The normalized spacial score (nSPS) is 19.5. The minimum absolute atomic E-state index is 0.470. The van der Waals surface area contributed by atoms with Gasteiger partial charge in [0.25, 0.3) is 0 Å². The second-order valence-electron chi connectivity index (χ2n) is 6.15. The molecule has 4 rings (SSSR count). The maximum Gasteiger partial charge on any atom is 0.134 e. The number of rotatable bonds is 3. The van der Waals surface area contributed by atoms with Crippen molar-refractivity contribution in [2.75, 3.05) is 6.54 Å². The molecule has 1 aliphatic rings. The van der Waals surface area contributed by atoms with E-state index in [4.69, 9.17) is 4.42 Å². The minimum atomic E-state index is 0.470. The van der Waals surface area contributed by atoms with E-state index < -0.39 is 0 Å². The highest BCUT2D eigenvalue weighted by Crippen LogP contribution is 2.36. The van der Waals surface area contributed by atoms with E-state index in [1.807, 2.05) is 12.3 Å². The van der Waals surface area contributed by atoms with Crippen LogP contribution < -0.4 is 0 Å². The third kappa shape index (κ3) is 2.55. The molecule has 0 radical (unpaired) electrons. The molecule has 0 N–H and O–H groups in total. The molecule has 3 aromatic rings. The molecule has 112 valence electrons. The van der Waals surface area contributed by atoms with E-state index in [0.29, 0.717) is 6.04 Å². The molecule has 1 fully saturated rings. The van der Waals surface area contributed by atoms with Gasteiger partial charge in [-0.1, -0.05) is 55.0 Å². The van der Waals surface area contributed by atoms with Crippen molar-refractivity contribution in [3.8, 4) is 0 Å². The summed E-state index contributed by atoms with van der Waals surface area (Å²) in [6, 6.07) is 19.6. The summed E-state index contributed by atoms with van der Waals surface area (Å²) in [6.45, 7) is 2.18. The molecule has 2 nitrogen and oxygen atoms in total. The van der Waals surface area contributed by atoms with Crippen LogP contribution in [0.2, 0.25) is 0 Å². The SMILES string of the molecule is c1ccc(CN2CCCCC2c2coc3ccccc23)cc1. The van der Waals surface area contributed by atoms with Gasteiger partial charge in [0.05, 0.1) is 6.26 Å². The van der Waals surface area contributed by atoms with Gasteiger partial charge in [0, 0.05) is 23.5 Å². The third-order valence-corrected chi connectivity index (χ3v) is 4.71. The van der Waals surface area contributed by atoms with Crippen molar-refractivity contribution < 1.29 is 4.42 Å². The van der Waals surface area contributed by atoms with Gasteiger partial charge < -0.3 is 4.42 Å². The summed E-state index contributed by atoms with van der Waals surface area (Å²) >= 11 is 0. The Morgan fingerprint density at radius 2 is 1.77 bits per heavy atom. The van der Waals surface area contributed by atoms with Crippen molar-refractivity contribution in [2.24, 2.45) is 0 Å². The molecule has 0 amide bonds. The van der Waals surface area contributed by atoms with Gasteiger partial charge in [0.2, 0.25) is 0 Å². The molecule has 0 saturated carbocycles. The van der Waals surface area contributed by atoms with E-state index in [2.05, 4.69) is 53.4 Å². The molecule has 1 atom stereocenters. The van der Waals surface area contributed by atoms with Crippen LogP contribution in [0.1, 0.15) is 36.4 Å². The van der Waals surface area contributed by atoms with E-state index in [-0.39, 0.29) is 0 Å². The number of hydrogen-bond donors (Lipinski definition) is 0. The van der Waals surface area contributed by atoms with E-state index in [9.17, 15) is 0 Å². The van der Waals surface area contributed by atoms with E-state index in [1.165, 1.54) is 42.3 Å². The van der Waals surface area contributed by atoms with Crippen molar-refractivity contribution >= 4 is 11.0 Å². The molecule has 2 heterocycles. The lowest BCUT2D eigenvalue weighted by atomic mass is 9.94. The zero-order valence-electron chi connectivity index (χ0n) is 12.7. The molecule has 1 aliphatic heterocycles. The zero-order valence-corrected chi connectivity index (χ0v) is 12.7. The van der Waals surface area contributed by atoms with Crippen LogP contribution in [0.4, 0.5) is 0 Å². The van der Waals surface area contributed by atoms with Crippen LogP contribution in [-0.4, -0.2) is 11.4 Å². The minimum Gasteiger partial charge on any atom is -0.464 e. The average Bonchev–Trinajstić information content (AvgIpc) is 3.00. The van der Waals surface area contributed by atoms with Crippen LogP contribution in [0.5, 0.6) is 0 Å². The number of piperidine rings is 1. The molecule has 2 aromatic carbocycles. The largest absolute Gasteiger partial charge is 0.464 e. The lowest BCUT2D eigenvalue weighted by Gasteiger charge is -2.35. The predicted molar refractivity (Wildman–Crippen MR) is 89.7 cm³/mol. The summed E-state index contributed by atoms with van der Waals surface area (Å²) in [4.78, 5) is 2.61. The van der Waals surface area contributed by atoms with Crippen LogP contribution >= 0.6 is 0 Å². The van der Waals surface area contributed by atoms with E-state index in [1.54, 1.807) is 0 Å². The second-order valence-corrected chi connectivity index (χ2v) is 6.15. The first kappa shape index (κ1) is 13.6. The van der Waals surface area contributed by atoms with E-state index >= 15 is 0 Å². The van der Waals surface area contributed by atoms with Crippen LogP contribution in [-0.2, 0) is 6.54 Å². The fourth-order valence-corrected chi connectivity index (χ4v) is 3.61. The van der Waals surface area contributed by atoms with Crippen LogP contribution in [0.3, 0.4) is 0 Å². The highest BCUT2D eigenvalue weighted by Gasteiger charge is 2.26. The Labute approximate surface area is 131 Å². The number of furan rings is 1. The number of nitrogens with zero attached hydrogens (tertiary/aromatic N) is 1. The lowest BCUT2D eigenvalue weighted by Crippen LogP contribution is -2.32. The van der Waals surface area contributed by atoms with Gasteiger partial charge in [-0.3, -0.25) is 4.90 Å². The van der Waals surface area contributed by atoms with Crippen molar-refractivity contribution in [2.45, 2.75) is 31.8 Å². The van der Waals surface area contributed by atoms with Crippen LogP contribution in [0, 0.1) is 0 Å². The quantitative estimate of drug-likeness (QED) is 0.662. The number of para-hydroxylation sites is 1. The Hall–Kier alpha value is -2.06. The monoisotopic (exact) mass is 291 g/mol. The van der Waals surface area contributed by atoms with Crippen molar-refractivity contribution in [3.63, 3.8) is 0 Å². The molecule has 22 heavy (non-hydrogen) atoms. The molecule has 1 unspecified atom stereocenters. The molecule has 1 aromatic heterocycles. The number of fused-ring (bicyclic) bond motifs is 1. The number of likely N-dealkylation sites (tertiary alicyclic amines) is 1. The average molecular weight is 291 g/mol. The summed E-state index contributed by atoms with van der Waals surface area (Å²) in [7, 11) is 0. The first-order valence-electron chi connectivity index (χ1n) is 8.16. The second kappa shape index (κ2) is 5.98. The number of hydrogen-bond acceptors (Lipinski definition) is 2. The molecular formula is C20H21NO. The molecular weight excluding hydrogens is 270 g/mol. The molecule has 0 aliphatic carbocycles. The van der Waals surface area contributed by atoms with Crippen molar-refractivity contribution in [1.82, 2.24) is 4.90 Å².